The minimum Gasteiger partial charge on any atom is -0.456 e. The summed E-state index contributed by atoms with van der Waals surface area (Å²) < 4.78 is 11.7. The van der Waals surface area contributed by atoms with E-state index < -0.39 is 6.10 Å². The van der Waals surface area contributed by atoms with Gasteiger partial charge in [-0.2, -0.15) is 0 Å². The Morgan fingerprint density at radius 2 is 2.00 bits per heavy atom. The van der Waals surface area contributed by atoms with Gasteiger partial charge in [-0.1, -0.05) is 17.7 Å². The van der Waals surface area contributed by atoms with Gasteiger partial charge in [0.1, 0.15) is 17.3 Å². The molecule has 7 nitrogen and oxygen atoms in total. The highest BCUT2D eigenvalue weighted by Crippen LogP contribution is 2.36. The van der Waals surface area contributed by atoms with Crippen LogP contribution in [0.5, 0.6) is 11.5 Å². The number of nitrogens with zero attached hydrogens (tertiary/aromatic N) is 3. The molecule has 3 N–H and O–H groups in total. The van der Waals surface area contributed by atoms with Crippen molar-refractivity contribution in [3.05, 3.63) is 64.9 Å². The molecule has 0 radical (unpaired) electrons. The highest BCUT2D eigenvalue weighted by Gasteiger charge is 2.16. The minimum absolute atomic E-state index is 0.142. The molecule has 0 spiro atoms. The van der Waals surface area contributed by atoms with Gasteiger partial charge < -0.3 is 25.2 Å². The molecule has 0 amide bonds. The lowest BCUT2D eigenvalue weighted by Crippen LogP contribution is -2.36. The summed E-state index contributed by atoms with van der Waals surface area (Å²) in [5.74, 6) is 2.12. The van der Waals surface area contributed by atoms with Crippen molar-refractivity contribution in [1.29, 1.82) is 0 Å². The fraction of sp³-hybridized carbons (Fsp3) is 0.304. The standard InChI is InChI=1S/C23H25ClN4O3/c1-15-10-18(12-23(27-15)28-6-8-30-9-7-28)31-22-11-17(24)3-4-19(22)20-5-2-16(14-26-20)21(29)13-25/h2-5,10-12,14,21,29H,6-9,13,25H2,1H3/t21-/m1/s1. The number of aliphatic hydroxyl groups is 1. The van der Waals surface area contributed by atoms with Crippen LogP contribution in [0.25, 0.3) is 11.3 Å². The number of ether oxygens (including phenoxy) is 2. The maximum atomic E-state index is 9.91. The second-order valence-electron chi connectivity index (χ2n) is 7.37. The summed E-state index contributed by atoms with van der Waals surface area (Å²) >= 11 is 6.26. The number of rotatable bonds is 6. The molecular formula is C23H25ClN4O3. The average Bonchev–Trinajstić information content (AvgIpc) is 2.79. The number of hydrogen-bond donors (Lipinski definition) is 2. The third kappa shape index (κ3) is 5.14. The third-order valence-electron chi connectivity index (χ3n) is 5.09. The van der Waals surface area contributed by atoms with Gasteiger partial charge in [-0.3, -0.25) is 4.98 Å². The number of halogens is 1. The Hall–Kier alpha value is -2.71. The second-order valence-corrected chi connectivity index (χ2v) is 7.81. The first-order valence-corrected chi connectivity index (χ1v) is 10.5. The van der Waals surface area contributed by atoms with E-state index in [1.807, 2.05) is 37.3 Å². The minimum atomic E-state index is -0.735. The molecule has 1 aliphatic heterocycles. The Bertz CT molecular complexity index is 1040. The van der Waals surface area contributed by atoms with E-state index in [1.54, 1.807) is 18.3 Å². The number of morpholine rings is 1. The molecule has 1 saturated heterocycles. The summed E-state index contributed by atoms with van der Waals surface area (Å²) in [6, 6.07) is 12.9. The summed E-state index contributed by atoms with van der Waals surface area (Å²) in [5, 5.41) is 10.5. The lowest BCUT2D eigenvalue weighted by Gasteiger charge is -2.28. The predicted octanol–water partition coefficient (Wildman–Crippen LogP) is 3.73. The van der Waals surface area contributed by atoms with Crippen LogP contribution in [-0.2, 0) is 4.74 Å². The Morgan fingerprint density at radius 1 is 1.19 bits per heavy atom. The first kappa shape index (κ1) is 21.5. The number of nitrogens with two attached hydrogens (primary N) is 1. The molecule has 0 unspecified atom stereocenters. The lowest BCUT2D eigenvalue weighted by atomic mass is 10.1. The zero-order valence-electron chi connectivity index (χ0n) is 17.3. The van der Waals surface area contributed by atoms with Crippen molar-refractivity contribution in [2.45, 2.75) is 13.0 Å². The number of benzene rings is 1. The maximum absolute atomic E-state index is 9.91. The van der Waals surface area contributed by atoms with E-state index in [0.717, 1.165) is 30.2 Å². The Balaban J connectivity index is 1.65. The van der Waals surface area contributed by atoms with Gasteiger partial charge >= 0.3 is 0 Å². The fourth-order valence-electron chi connectivity index (χ4n) is 3.45. The summed E-state index contributed by atoms with van der Waals surface area (Å²) in [4.78, 5) is 11.3. The molecule has 1 atom stereocenters. The maximum Gasteiger partial charge on any atom is 0.138 e. The van der Waals surface area contributed by atoms with Gasteiger partial charge in [-0.25, -0.2) is 4.98 Å². The average molecular weight is 441 g/mol. The highest BCUT2D eigenvalue weighted by molar-refractivity contribution is 6.30. The monoisotopic (exact) mass is 440 g/mol. The molecule has 0 aliphatic carbocycles. The molecule has 3 heterocycles. The molecule has 0 saturated carbocycles. The molecule has 1 aromatic carbocycles. The Labute approximate surface area is 186 Å². The number of anilines is 1. The normalized spacial score (nSPS) is 15.0. The van der Waals surface area contributed by atoms with Crippen LogP contribution in [0.15, 0.2) is 48.7 Å². The van der Waals surface area contributed by atoms with Gasteiger partial charge in [0.2, 0.25) is 0 Å². The molecule has 1 aliphatic rings. The number of pyridine rings is 2. The van der Waals surface area contributed by atoms with Gasteiger partial charge in [0.25, 0.3) is 0 Å². The van der Waals surface area contributed by atoms with E-state index in [4.69, 9.17) is 26.8 Å². The quantitative estimate of drug-likeness (QED) is 0.603. The summed E-state index contributed by atoms with van der Waals surface area (Å²) in [5.41, 5.74) is 8.56. The van der Waals surface area contributed by atoms with Crippen LogP contribution in [0.1, 0.15) is 17.4 Å². The molecule has 162 valence electrons. The largest absolute Gasteiger partial charge is 0.456 e. The second kappa shape index (κ2) is 9.62. The smallest absolute Gasteiger partial charge is 0.138 e. The molecule has 4 rings (SSSR count). The van der Waals surface area contributed by atoms with E-state index >= 15 is 0 Å². The molecule has 1 fully saturated rings. The van der Waals surface area contributed by atoms with Crippen molar-refractivity contribution in [3.63, 3.8) is 0 Å². The van der Waals surface area contributed by atoms with Crippen molar-refractivity contribution in [3.8, 4) is 22.8 Å². The Morgan fingerprint density at radius 3 is 2.71 bits per heavy atom. The van der Waals surface area contributed by atoms with Crippen LogP contribution >= 0.6 is 11.6 Å². The van der Waals surface area contributed by atoms with Crippen molar-refractivity contribution in [1.82, 2.24) is 9.97 Å². The van der Waals surface area contributed by atoms with Crippen LogP contribution in [0.4, 0.5) is 5.82 Å². The van der Waals surface area contributed by atoms with E-state index in [0.29, 0.717) is 41.0 Å². The van der Waals surface area contributed by atoms with Crippen LogP contribution in [0.3, 0.4) is 0 Å². The summed E-state index contributed by atoms with van der Waals surface area (Å²) in [7, 11) is 0. The third-order valence-corrected chi connectivity index (χ3v) is 5.33. The van der Waals surface area contributed by atoms with Crippen LogP contribution in [-0.4, -0.2) is 47.9 Å². The number of hydrogen-bond acceptors (Lipinski definition) is 7. The molecule has 0 bridgehead atoms. The van der Waals surface area contributed by atoms with E-state index in [-0.39, 0.29) is 6.54 Å². The van der Waals surface area contributed by atoms with E-state index in [2.05, 4.69) is 14.9 Å². The van der Waals surface area contributed by atoms with Crippen molar-refractivity contribution >= 4 is 17.4 Å². The number of aryl methyl sites for hydroxylation is 1. The van der Waals surface area contributed by atoms with Crippen molar-refractivity contribution in [2.75, 3.05) is 37.7 Å². The molecule has 31 heavy (non-hydrogen) atoms. The lowest BCUT2D eigenvalue weighted by molar-refractivity contribution is 0.122. The highest BCUT2D eigenvalue weighted by atomic mass is 35.5. The van der Waals surface area contributed by atoms with Crippen molar-refractivity contribution in [2.24, 2.45) is 5.73 Å². The number of aromatic nitrogens is 2. The summed E-state index contributed by atoms with van der Waals surface area (Å²) in [6.45, 7) is 5.05. The number of aliphatic hydroxyl groups excluding tert-OH is 1. The van der Waals surface area contributed by atoms with Gasteiger partial charge in [0.05, 0.1) is 25.0 Å². The van der Waals surface area contributed by atoms with Gasteiger partial charge in [-0.05, 0) is 25.1 Å². The fourth-order valence-corrected chi connectivity index (χ4v) is 3.61. The predicted molar refractivity (Wildman–Crippen MR) is 121 cm³/mol. The van der Waals surface area contributed by atoms with Crippen LogP contribution in [0.2, 0.25) is 5.02 Å². The Kier molecular flexibility index (Phi) is 6.67. The molecule has 3 aromatic rings. The molecular weight excluding hydrogens is 416 g/mol. The SMILES string of the molecule is Cc1cc(Oc2cc(Cl)ccc2-c2ccc([C@H](O)CN)cn2)cc(N2CCOCC2)n1. The van der Waals surface area contributed by atoms with Gasteiger partial charge in [0.15, 0.2) is 0 Å². The zero-order chi connectivity index (χ0) is 21.8. The van der Waals surface area contributed by atoms with Crippen molar-refractivity contribution < 1.29 is 14.6 Å². The van der Waals surface area contributed by atoms with E-state index in [9.17, 15) is 5.11 Å². The molecule has 8 heteroatoms. The van der Waals surface area contributed by atoms with Gasteiger partial charge in [-0.15, -0.1) is 0 Å². The van der Waals surface area contributed by atoms with Crippen LogP contribution in [0, 0.1) is 6.92 Å². The summed E-state index contributed by atoms with van der Waals surface area (Å²) in [6.07, 6.45) is 0.888. The molecule has 2 aromatic heterocycles. The van der Waals surface area contributed by atoms with Crippen LogP contribution < -0.4 is 15.4 Å². The van der Waals surface area contributed by atoms with E-state index in [1.165, 1.54) is 0 Å². The topological polar surface area (TPSA) is 93.7 Å². The first-order chi connectivity index (χ1) is 15.0. The van der Waals surface area contributed by atoms with Gasteiger partial charge in [0, 0.05) is 65.9 Å². The zero-order valence-corrected chi connectivity index (χ0v) is 18.0. The first-order valence-electron chi connectivity index (χ1n) is 10.2.